The molecule has 0 aliphatic rings. The summed E-state index contributed by atoms with van der Waals surface area (Å²) in [5, 5.41) is 10.8. The summed E-state index contributed by atoms with van der Waals surface area (Å²) in [6, 6.07) is 9.81. The first kappa shape index (κ1) is 20.3. The number of aliphatic carboxylic acids is 1. The molecule has 7 heteroatoms. The fraction of sp³-hybridized carbons (Fsp3) is 0.273. The highest BCUT2D eigenvalue weighted by atomic mass is 16.5. The van der Waals surface area contributed by atoms with E-state index in [0.717, 1.165) is 5.56 Å². The molecule has 0 fully saturated rings. The zero-order chi connectivity index (χ0) is 21.2. The Balaban J connectivity index is 1.97. The zero-order valence-electron chi connectivity index (χ0n) is 16.6. The maximum absolute atomic E-state index is 12.8. The maximum Gasteiger partial charge on any atom is 0.235 e. The molecular weight excluding hydrogens is 376 g/mol. The second kappa shape index (κ2) is 7.87. The van der Waals surface area contributed by atoms with Crippen molar-refractivity contribution in [1.82, 2.24) is 0 Å². The van der Waals surface area contributed by atoms with Crippen LogP contribution in [0.25, 0.3) is 11.0 Å². The van der Waals surface area contributed by atoms with Crippen molar-refractivity contribution in [2.24, 2.45) is 0 Å². The Kier molecular flexibility index (Phi) is 5.50. The first-order valence-electron chi connectivity index (χ1n) is 8.93. The summed E-state index contributed by atoms with van der Waals surface area (Å²) in [6.07, 6.45) is 1.23. The molecule has 0 radical (unpaired) electrons. The number of methoxy groups -OCH3 is 1. The van der Waals surface area contributed by atoms with E-state index in [1.54, 1.807) is 19.2 Å². The number of carbonyl (C=O) groups is 1. The molecule has 2 aromatic carbocycles. The van der Waals surface area contributed by atoms with Gasteiger partial charge in [0.25, 0.3) is 0 Å². The molecule has 0 amide bonds. The van der Waals surface area contributed by atoms with E-state index in [9.17, 15) is 14.7 Å². The van der Waals surface area contributed by atoms with E-state index < -0.39 is 12.6 Å². The first-order chi connectivity index (χ1) is 13.7. The highest BCUT2D eigenvalue weighted by molar-refractivity contribution is 5.79. The lowest BCUT2D eigenvalue weighted by Crippen LogP contribution is -2.28. The Labute approximate surface area is 167 Å². The van der Waals surface area contributed by atoms with Crippen LogP contribution in [0.2, 0.25) is 0 Å². The topological polar surface area (TPSA) is 98.0 Å². The fourth-order valence-electron chi connectivity index (χ4n) is 2.82. The van der Waals surface area contributed by atoms with Crippen LogP contribution in [0.5, 0.6) is 23.0 Å². The van der Waals surface area contributed by atoms with Crippen molar-refractivity contribution < 1.29 is 28.5 Å². The minimum atomic E-state index is -1.34. The number of fused-ring (bicyclic) bond motifs is 1. The SMILES string of the molecule is COc1ccc(Oc2coc3cc(OCC(=O)[O-])ccc3c2=O)c(C(C)(C)C)c1. The van der Waals surface area contributed by atoms with Gasteiger partial charge in [-0.2, -0.15) is 0 Å². The monoisotopic (exact) mass is 397 g/mol. The summed E-state index contributed by atoms with van der Waals surface area (Å²) < 4.78 is 21.8. The number of carboxylic acid groups (broad SMARTS) is 1. The number of benzene rings is 2. The van der Waals surface area contributed by atoms with Crippen molar-refractivity contribution in [3.63, 3.8) is 0 Å². The van der Waals surface area contributed by atoms with Gasteiger partial charge in [-0.05, 0) is 35.7 Å². The van der Waals surface area contributed by atoms with Crippen molar-refractivity contribution >= 4 is 16.9 Å². The summed E-state index contributed by atoms with van der Waals surface area (Å²) >= 11 is 0. The van der Waals surface area contributed by atoms with Crippen LogP contribution in [-0.4, -0.2) is 19.7 Å². The molecule has 0 N–H and O–H groups in total. The molecule has 3 aromatic rings. The van der Waals surface area contributed by atoms with Gasteiger partial charge in [0, 0.05) is 11.6 Å². The minimum Gasteiger partial charge on any atom is -0.546 e. The molecule has 7 nitrogen and oxygen atoms in total. The second-order valence-corrected chi connectivity index (χ2v) is 7.46. The van der Waals surface area contributed by atoms with E-state index in [1.807, 2.05) is 26.8 Å². The molecule has 152 valence electrons. The second-order valence-electron chi connectivity index (χ2n) is 7.46. The molecule has 0 unspecified atom stereocenters. The lowest BCUT2D eigenvalue weighted by Gasteiger charge is -2.23. The van der Waals surface area contributed by atoms with Crippen molar-refractivity contribution in [2.75, 3.05) is 13.7 Å². The number of hydrogen-bond acceptors (Lipinski definition) is 7. The number of hydrogen-bond donors (Lipinski definition) is 0. The van der Waals surface area contributed by atoms with Gasteiger partial charge in [0.1, 0.15) is 35.7 Å². The lowest BCUT2D eigenvalue weighted by molar-refractivity contribution is -0.307. The Morgan fingerprint density at radius 3 is 2.45 bits per heavy atom. The van der Waals surface area contributed by atoms with Crippen LogP contribution in [0, 0.1) is 0 Å². The van der Waals surface area contributed by atoms with Crippen LogP contribution in [0.15, 0.2) is 51.9 Å². The van der Waals surface area contributed by atoms with E-state index in [2.05, 4.69) is 0 Å². The highest BCUT2D eigenvalue weighted by Crippen LogP contribution is 2.36. The number of carboxylic acids is 1. The third-order valence-electron chi connectivity index (χ3n) is 4.29. The van der Waals surface area contributed by atoms with Crippen LogP contribution >= 0.6 is 0 Å². The summed E-state index contributed by atoms with van der Waals surface area (Å²) in [7, 11) is 1.59. The predicted octanol–water partition coefficient (Wildman–Crippen LogP) is 3.02. The van der Waals surface area contributed by atoms with Crippen LogP contribution in [0.4, 0.5) is 0 Å². The molecule has 0 atom stereocenters. The van der Waals surface area contributed by atoms with E-state index in [1.165, 1.54) is 24.5 Å². The van der Waals surface area contributed by atoms with Crippen LogP contribution in [0.1, 0.15) is 26.3 Å². The fourth-order valence-corrected chi connectivity index (χ4v) is 2.82. The molecule has 0 aliphatic heterocycles. The third kappa shape index (κ3) is 4.51. The van der Waals surface area contributed by atoms with Crippen LogP contribution < -0.4 is 24.7 Å². The number of ether oxygens (including phenoxy) is 3. The molecule has 1 heterocycles. The summed E-state index contributed by atoms with van der Waals surface area (Å²) in [5.74, 6) is 0.167. The molecular formula is C22H21O7-. The largest absolute Gasteiger partial charge is 0.546 e. The normalized spacial score (nSPS) is 11.3. The molecule has 0 saturated carbocycles. The molecule has 1 aromatic heterocycles. The van der Waals surface area contributed by atoms with Crippen LogP contribution in [-0.2, 0) is 10.2 Å². The maximum atomic E-state index is 12.8. The Bertz CT molecular complexity index is 1110. The van der Waals surface area contributed by atoms with E-state index in [0.29, 0.717) is 11.5 Å². The summed E-state index contributed by atoms with van der Waals surface area (Å²) in [4.78, 5) is 23.4. The average molecular weight is 397 g/mol. The van der Waals surface area contributed by atoms with Gasteiger partial charge >= 0.3 is 0 Å². The van der Waals surface area contributed by atoms with Gasteiger partial charge in [-0.3, -0.25) is 4.79 Å². The average Bonchev–Trinajstić information content (AvgIpc) is 2.68. The van der Waals surface area contributed by atoms with Crippen molar-refractivity contribution in [3.8, 4) is 23.0 Å². The Morgan fingerprint density at radius 2 is 1.79 bits per heavy atom. The van der Waals surface area contributed by atoms with E-state index >= 15 is 0 Å². The third-order valence-corrected chi connectivity index (χ3v) is 4.29. The Hall–Kier alpha value is -3.48. The van der Waals surface area contributed by atoms with Crippen molar-refractivity contribution in [1.29, 1.82) is 0 Å². The van der Waals surface area contributed by atoms with Gasteiger partial charge in [-0.25, -0.2) is 0 Å². The molecule has 0 saturated heterocycles. The van der Waals surface area contributed by atoms with Crippen molar-refractivity contribution in [2.45, 2.75) is 26.2 Å². The van der Waals surface area contributed by atoms with Gasteiger partial charge in [0.2, 0.25) is 11.2 Å². The predicted molar refractivity (Wildman–Crippen MR) is 105 cm³/mol. The Morgan fingerprint density at radius 1 is 1.07 bits per heavy atom. The smallest absolute Gasteiger partial charge is 0.235 e. The highest BCUT2D eigenvalue weighted by Gasteiger charge is 2.21. The quantitative estimate of drug-likeness (QED) is 0.630. The molecule has 0 spiro atoms. The standard InChI is InChI=1S/C22H22O7/c1-22(2,3)16-9-13(26-4)6-8-17(16)29-19-11-28-18-10-14(27-12-20(23)24)5-7-15(18)21(19)25/h5-11H,12H2,1-4H3,(H,23,24)/p-1. The van der Waals surface area contributed by atoms with E-state index in [-0.39, 0.29) is 33.3 Å². The van der Waals surface area contributed by atoms with E-state index in [4.69, 9.17) is 18.6 Å². The van der Waals surface area contributed by atoms with Crippen LogP contribution in [0.3, 0.4) is 0 Å². The van der Waals surface area contributed by atoms with Gasteiger partial charge < -0.3 is 28.5 Å². The van der Waals surface area contributed by atoms with Crippen molar-refractivity contribution in [3.05, 3.63) is 58.4 Å². The van der Waals surface area contributed by atoms with Gasteiger partial charge in [0.15, 0.2) is 0 Å². The minimum absolute atomic E-state index is 0.0385. The van der Waals surface area contributed by atoms with Gasteiger partial charge in [0.05, 0.1) is 18.5 Å². The lowest BCUT2D eigenvalue weighted by atomic mass is 9.86. The zero-order valence-corrected chi connectivity index (χ0v) is 16.6. The number of rotatable bonds is 6. The molecule has 0 aliphatic carbocycles. The molecule has 29 heavy (non-hydrogen) atoms. The summed E-state index contributed by atoms with van der Waals surface area (Å²) in [5.41, 5.74) is 0.534. The number of carbonyl (C=O) groups excluding carboxylic acids is 1. The van der Waals surface area contributed by atoms with Gasteiger partial charge in [-0.1, -0.05) is 20.8 Å². The van der Waals surface area contributed by atoms with Gasteiger partial charge in [-0.15, -0.1) is 0 Å². The first-order valence-corrected chi connectivity index (χ1v) is 8.93. The molecule has 3 rings (SSSR count). The molecule has 0 bridgehead atoms. The summed E-state index contributed by atoms with van der Waals surface area (Å²) in [6.45, 7) is 5.51.